The topological polar surface area (TPSA) is 38.3 Å². The smallest absolute Gasteiger partial charge is 0.339 e. The monoisotopic (exact) mass is 353 g/mol. The number of methoxy groups -OCH3 is 1. The van der Waals surface area contributed by atoms with Crippen LogP contribution in [0.2, 0.25) is 0 Å². The lowest BCUT2D eigenvalue weighted by Gasteiger charge is -2.23. The molecule has 2 rings (SSSR count). The third kappa shape index (κ3) is 4.46. The van der Waals surface area contributed by atoms with Crippen LogP contribution in [0.1, 0.15) is 68.6 Å². The first-order valence-electron chi connectivity index (χ1n) is 9.04. The molecule has 2 aromatic rings. The van der Waals surface area contributed by atoms with Gasteiger partial charge in [0.2, 0.25) is 0 Å². The zero-order chi connectivity index (χ0) is 19.7. The number of ether oxygens (including phenoxy) is 1. The van der Waals surface area contributed by atoms with Crippen LogP contribution in [0.3, 0.4) is 0 Å². The van der Waals surface area contributed by atoms with Gasteiger partial charge < -0.3 is 10.1 Å². The van der Waals surface area contributed by atoms with Gasteiger partial charge in [0.05, 0.1) is 18.4 Å². The van der Waals surface area contributed by atoms with Crippen LogP contribution in [0.25, 0.3) is 0 Å². The van der Waals surface area contributed by atoms with E-state index in [1.54, 1.807) is 0 Å². The Balaban J connectivity index is 2.45. The molecule has 0 saturated carbocycles. The molecule has 0 radical (unpaired) electrons. The molecular formula is C23H31NO2. The fourth-order valence-electron chi connectivity index (χ4n) is 2.81. The van der Waals surface area contributed by atoms with Gasteiger partial charge in [-0.1, -0.05) is 59.7 Å². The van der Waals surface area contributed by atoms with Crippen LogP contribution >= 0.6 is 0 Å². The summed E-state index contributed by atoms with van der Waals surface area (Å²) in [7, 11) is 1.42. The van der Waals surface area contributed by atoms with E-state index in [2.05, 4.69) is 78.0 Å². The van der Waals surface area contributed by atoms with E-state index in [9.17, 15) is 4.79 Å². The van der Waals surface area contributed by atoms with Crippen LogP contribution in [-0.2, 0) is 15.6 Å². The molecule has 0 amide bonds. The van der Waals surface area contributed by atoms with Gasteiger partial charge in [0.25, 0.3) is 0 Å². The first-order valence-corrected chi connectivity index (χ1v) is 9.04. The number of aryl methyl sites for hydroxylation is 1. The summed E-state index contributed by atoms with van der Waals surface area (Å²) in [5.41, 5.74) is 5.91. The molecule has 3 heteroatoms. The van der Waals surface area contributed by atoms with Crippen molar-refractivity contribution in [3.63, 3.8) is 0 Å². The van der Waals surface area contributed by atoms with Crippen molar-refractivity contribution in [3.05, 3.63) is 58.7 Å². The van der Waals surface area contributed by atoms with Gasteiger partial charge in [0.15, 0.2) is 0 Å². The van der Waals surface area contributed by atoms with Crippen LogP contribution in [0.4, 0.5) is 11.4 Å². The van der Waals surface area contributed by atoms with Gasteiger partial charge in [-0.15, -0.1) is 0 Å². The first-order chi connectivity index (χ1) is 11.9. The highest BCUT2D eigenvalue weighted by molar-refractivity contribution is 5.97. The number of carbonyl (C=O) groups excluding carboxylic acids is 1. The molecule has 3 nitrogen and oxygen atoms in total. The van der Waals surface area contributed by atoms with E-state index in [1.807, 2.05) is 12.1 Å². The van der Waals surface area contributed by atoms with Gasteiger partial charge in [-0.2, -0.15) is 0 Å². The predicted octanol–water partition coefficient (Wildman–Crippen LogP) is 6.12. The normalized spacial score (nSPS) is 12.0. The molecule has 0 fully saturated rings. The molecule has 0 unspecified atom stereocenters. The fraction of sp³-hybridized carbons (Fsp3) is 0.435. The second-order valence-electron chi connectivity index (χ2n) is 8.91. The SMILES string of the molecule is COC(=O)c1cc(C(C)(C)C)ccc1Nc1ccc(C(C)(C)C)cc1C. The molecule has 0 aliphatic carbocycles. The van der Waals surface area contributed by atoms with Crippen molar-refractivity contribution >= 4 is 17.3 Å². The van der Waals surface area contributed by atoms with Crippen LogP contribution in [0, 0.1) is 6.92 Å². The summed E-state index contributed by atoms with van der Waals surface area (Å²) in [4.78, 5) is 12.3. The Labute approximate surface area is 157 Å². The number of nitrogens with one attached hydrogen (secondary N) is 1. The van der Waals surface area contributed by atoms with Crippen LogP contribution < -0.4 is 5.32 Å². The molecule has 2 aromatic carbocycles. The van der Waals surface area contributed by atoms with Gasteiger partial charge in [0, 0.05) is 5.69 Å². The summed E-state index contributed by atoms with van der Waals surface area (Å²) in [6.07, 6.45) is 0. The van der Waals surface area contributed by atoms with Gasteiger partial charge in [0.1, 0.15) is 0 Å². The summed E-state index contributed by atoms with van der Waals surface area (Å²) in [6, 6.07) is 12.4. The number of esters is 1. The van der Waals surface area contributed by atoms with Gasteiger partial charge in [-0.3, -0.25) is 0 Å². The average molecular weight is 354 g/mol. The highest BCUT2D eigenvalue weighted by Crippen LogP contribution is 2.31. The minimum absolute atomic E-state index is 0.0361. The Kier molecular flexibility index (Phi) is 5.50. The molecule has 0 saturated heterocycles. The maximum atomic E-state index is 12.3. The molecule has 0 heterocycles. The Bertz CT molecular complexity index is 808. The molecule has 0 aromatic heterocycles. The van der Waals surface area contributed by atoms with Gasteiger partial charge >= 0.3 is 5.97 Å². The van der Waals surface area contributed by atoms with Gasteiger partial charge in [-0.25, -0.2) is 4.79 Å². The molecule has 0 spiro atoms. The third-order valence-electron chi connectivity index (χ3n) is 4.65. The van der Waals surface area contributed by atoms with Crippen molar-refractivity contribution in [3.8, 4) is 0 Å². The van der Waals surface area contributed by atoms with Crippen molar-refractivity contribution in [2.24, 2.45) is 0 Å². The largest absolute Gasteiger partial charge is 0.465 e. The van der Waals surface area contributed by atoms with E-state index in [-0.39, 0.29) is 16.8 Å². The maximum Gasteiger partial charge on any atom is 0.339 e. The molecule has 0 bridgehead atoms. The van der Waals surface area contributed by atoms with E-state index in [4.69, 9.17) is 4.74 Å². The molecule has 26 heavy (non-hydrogen) atoms. The van der Waals surface area contributed by atoms with E-state index in [0.717, 1.165) is 22.5 Å². The van der Waals surface area contributed by atoms with E-state index in [0.29, 0.717) is 5.56 Å². The average Bonchev–Trinajstić information content (AvgIpc) is 2.54. The summed E-state index contributed by atoms with van der Waals surface area (Å²) in [5, 5.41) is 3.41. The summed E-state index contributed by atoms with van der Waals surface area (Å²) in [5.74, 6) is -0.331. The summed E-state index contributed by atoms with van der Waals surface area (Å²) < 4.78 is 5.00. The van der Waals surface area contributed by atoms with Crippen LogP contribution in [0.5, 0.6) is 0 Å². The van der Waals surface area contributed by atoms with Crippen molar-refractivity contribution < 1.29 is 9.53 Å². The maximum absolute atomic E-state index is 12.3. The van der Waals surface area contributed by atoms with E-state index in [1.165, 1.54) is 12.7 Å². The van der Waals surface area contributed by atoms with Gasteiger partial charge in [-0.05, 0) is 52.6 Å². The highest BCUT2D eigenvalue weighted by atomic mass is 16.5. The lowest BCUT2D eigenvalue weighted by molar-refractivity contribution is 0.0601. The quantitative estimate of drug-likeness (QED) is 0.676. The van der Waals surface area contributed by atoms with E-state index < -0.39 is 0 Å². The number of hydrogen-bond donors (Lipinski definition) is 1. The molecule has 1 N–H and O–H groups in total. The molecular weight excluding hydrogens is 322 g/mol. The summed E-state index contributed by atoms with van der Waals surface area (Å²) >= 11 is 0. The van der Waals surface area contributed by atoms with Crippen molar-refractivity contribution in [1.29, 1.82) is 0 Å². The van der Waals surface area contributed by atoms with Crippen molar-refractivity contribution in [1.82, 2.24) is 0 Å². The zero-order valence-corrected chi connectivity index (χ0v) is 17.3. The molecule has 0 aliphatic heterocycles. The van der Waals surface area contributed by atoms with Crippen molar-refractivity contribution in [2.75, 3.05) is 12.4 Å². The standard InChI is InChI=1S/C23H31NO2/c1-15-13-16(22(2,3)4)9-11-19(15)24-20-12-10-17(23(5,6)7)14-18(20)21(25)26-8/h9-14,24H,1-8H3. The molecule has 0 aliphatic rings. The number of rotatable bonds is 3. The summed E-state index contributed by atoms with van der Waals surface area (Å²) in [6.45, 7) is 15.1. The number of carbonyl (C=O) groups is 1. The van der Waals surface area contributed by atoms with Crippen LogP contribution in [-0.4, -0.2) is 13.1 Å². The second kappa shape index (κ2) is 7.14. The third-order valence-corrected chi connectivity index (χ3v) is 4.65. The number of anilines is 2. The Morgan fingerprint density at radius 3 is 1.81 bits per heavy atom. The number of benzene rings is 2. The number of hydrogen-bond acceptors (Lipinski definition) is 3. The Morgan fingerprint density at radius 1 is 0.846 bits per heavy atom. The van der Waals surface area contributed by atoms with Crippen molar-refractivity contribution in [2.45, 2.75) is 59.3 Å². The highest BCUT2D eigenvalue weighted by Gasteiger charge is 2.20. The Morgan fingerprint density at radius 2 is 1.35 bits per heavy atom. The van der Waals surface area contributed by atoms with E-state index >= 15 is 0 Å². The minimum atomic E-state index is -0.331. The minimum Gasteiger partial charge on any atom is -0.465 e. The second-order valence-corrected chi connectivity index (χ2v) is 8.91. The zero-order valence-electron chi connectivity index (χ0n) is 17.3. The fourth-order valence-corrected chi connectivity index (χ4v) is 2.81. The molecule has 140 valence electrons. The lowest BCUT2D eigenvalue weighted by atomic mass is 9.85. The van der Waals surface area contributed by atoms with Crippen LogP contribution in [0.15, 0.2) is 36.4 Å². The predicted molar refractivity (Wildman–Crippen MR) is 110 cm³/mol. The Hall–Kier alpha value is -2.29. The first kappa shape index (κ1) is 20.0. The lowest BCUT2D eigenvalue weighted by Crippen LogP contribution is -2.14. The molecule has 0 atom stereocenters.